The van der Waals surface area contributed by atoms with Crippen LogP contribution in [0.25, 0.3) is 0 Å². The van der Waals surface area contributed by atoms with E-state index in [-0.39, 0.29) is 0 Å². The second kappa shape index (κ2) is 3.27. The van der Waals surface area contributed by atoms with Crippen LogP contribution in [0.3, 0.4) is 0 Å². The first-order chi connectivity index (χ1) is 5.75. The van der Waals surface area contributed by atoms with Crippen molar-refractivity contribution in [3.05, 3.63) is 33.8 Å². The Morgan fingerprint density at radius 1 is 1.25 bits per heavy atom. The highest BCUT2D eigenvalue weighted by Gasteiger charge is 2.22. The molecule has 0 nitrogen and oxygen atoms in total. The van der Waals surface area contributed by atoms with Crippen LogP contribution in [0.1, 0.15) is 18.4 Å². The molecule has 1 aromatic carbocycles. The fourth-order valence-electron chi connectivity index (χ4n) is 1.32. The first-order valence-corrected chi connectivity index (χ1v) is 4.95. The van der Waals surface area contributed by atoms with E-state index in [2.05, 4.69) is 0 Å². The van der Waals surface area contributed by atoms with Crippen LogP contribution in [0.15, 0.2) is 18.2 Å². The lowest BCUT2D eigenvalue weighted by molar-refractivity contribution is 0.833. The minimum Gasteiger partial charge on any atom is -0.0843 e. The molecule has 0 spiro atoms. The molecular formula is C10H10Cl2. The van der Waals surface area contributed by atoms with Gasteiger partial charge in [0.05, 0.1) is 0 Å². The van der Waals surface area contributed by atoms with Crippen molar-refractivity contribution >= 4 is 23.2 Å². The quantitative estimate of drug-likeness (QED) is 0.679. The van der Waals surface area contributed by atoms with Crippen molar-refractivity contribution in [3.8, 4) is 0 Å². The van der Waals surface area contributed by atoms with Crippen LogP contribution in [-0.2, 0) is 6.42 Å². The largest absolute Gasteiger partial charge is 0.0843 e. The van der Waals surface area contributed by atoms with E-state index in [4.69, 9.17) is 23.2 Å². The highest BCUT2D eigenvalue weighted by Crippen LogP contribution is 2.35. The number of halogens is 2. The summed E-state index contributed by atoms with van der Waals surface area (Å²) in [6.45, 7) is 0. The smallest absolute Gasteiger partial charge is 0.0452 e. The molecule has 12 heavy (non-hydrogen) atoms. The minimum atomic E-state index is 0.722. The number of hydrogen-bond donors (Lipinski definition) is 0. The predicted octanol–water partition coefficient (Wildman–Crippen LogP) is 3.95. The van der Waals surface area contributed by atoms with Crippen LogP contribution in [0, 0.1) is 5.92 Å². The molecule has 0 saturated heterocycles. The maximum Gasteiger partial charge on any atom is 0.0452 e. The van der Waals surface area contributed by atoms with Gasteiger partial charge in [0.2, 0.25) is 0 Å². The monoisotopic (exact) mass is 200 g/mol. The molecule has 0 atom stereocenters. The average Bonchev–Trinajstić information content (AvgIpc) is 2.79. The van der Waals surface area contributed by atoms with Gasteiger partial charge in [0.25, 0.3) is 0 Å². The van der Waals surface area contributed by atoms with Gasteiger partial charge in [0, 0.05) is 10.0 Å². The van der Waals surface area contributed by atoms with Crippen LogP contribution in [-0.4, -0.2) is 0 Å². The van der Waals surface area contributed by atoms with Gasteiger partial charge in [-0.2, -0.15) is 0 Å². The maximum atomic E-state index is 6.02. The topological polar surface area (TPSA) is 0 Å². The average molecular weight is 201 g/mol. The molecule has 0 aliphatic heterocycles. The van der Waals surface area contributed by atoms with Crippen LogP contribution in [0.2, 0.25) is 10.0 Å². The van der Waals surface area contributed by atoms with Crippen molar-refractivity contribution in [1.82, 2.24) is 0 Å². The highest BCUT2D eigenvalue weighted by molar-refractivity contribution is 6.35. The summed E-state index contributed by atoms with van der Waals surface area (Å²) in [6.07, 6.45) is 3.84. The van der Waals surface area contributed by atoms with Crippen molar-refractivity contribution < 1.29 is 0 Å². The minimum absolute atomic E-state index is 0.722. The third-order valence-corrected chi connectivity index (χ3v) is 2.81. The Balaban J connectivity index is 2.18. The summed E-state index contributed by atoms with van der Waals surface area (Å²) >= 11 is 11.8. The number of hydrogen-bond acceptors (Lipinski definition) is 0. The molecule has 1 fully saturated rings. The van der Waals surface area contributed by atoms with Crippen LogP contribution in [0.4, 0.5) is 0 Å². The van der Waals surface area contributed by atoms with Gasteiger partial charge in [-0.15, -0.1) is 0 Å². The molecule has 0 aromatic heterocycles. The zero-order valence-electron chi connectivity index (χ0n) is 6.69. The molecule has 0 N–H and O–H groups in total. The van der Waals surface area contributed by atoms with E-state index in [1.54, 1.807) is 0 Å². The molecule has 1 aliphatic carbocycles. The summed E-state index contributed by atoms with van der Waals surface area (Å²) in [6, 6.07) is 5.76. The molecule has 1 saturated carbocycles. The fourth-order valence-corrected chi connectivity index (χ4v) is 1.81. The molecule has 0 bridgehead atoms. The zero-order valence-corrected chi connectivity index (χ0v) is 8.20. The summed E-state index contributed by atoms with van der Waals surface area (Å²) in [4.78, 5) is 0. The molecule has 0 amide bonds. The molecule has 2 heteroatoms. The number of benzene rings is 1. The second-order valence-electron chi connectivity index (χ2n) is 3.38. The van der Waals surface area contributed by atoms with E-state index < -0.39 is 0 Å². The van der Waals surface area contributed by atoms with Gasteiger partial charge < -0.3 is 0 Å². The van der Waals surface area contributed by atoms with Gasteiger partial charge in [-0.25, -0.2) is 0 Å². The van der Waals surface area contributed by atoms with Crippen molar-refractivity contribution in [2.24, 2.45) is 5.92 Å². The fraction of sp³-hybridized carbons (Fsp3) is 0.400. The molecule has 64 valence electrons. The van der Waals surface area contributed by atoms with Gasteiger partial charge in [-0.05, 0) is 42.9 Å². The Hall–Kier alpha value is -0.200. The van der Waals surface area contributed by atoms with Crippen molar-refractivity contribution in [1.29, 1.82) is 0 Å². The lowest BCUT2D eigenvalue weighted by Crippen LogP contribution is -1.87. The van der Waals surface area contributed by atoms with E-state index in [0.29, 0.717) is 0 Å². The van der Waals surface area contributed by atoms with E-state index in [9.17, 15) is 0 Å². The first-order valence-electron chi connectivity index (χ1n) is 4.19. The molecular weight excluding hydrogens is 191 g/mol. The maximum absolute atomic E-state index is 6.02. The summed E-state index contributed by atoms with van der Waals surface area (Å²) < 4.78 is 0. The van der Waals surface area contributed by atoms with Gasteiger partial charge in [0.15, 0.2) is 0 Å². The normalized spacial score (nSPS) is 16.5. The van der Waals surface area contributed by atoms with Crippen LogP contribution < -0.4 is 0 Å². The van der Waals surface area contributed by atoms with E-state index in [1.807, 2.05) is 18.2 Å². The molecule has 2 rings (SSSR count). The summed E-state index contributed by atoms with van der Waals surface area (Å²) in [5, 5.41) is 1.54. The van der Waals surface area contributed by atoms with Gasteiger partial charge in [-0.3, -0.25) is 0 Å². The Labute approximate surface area is 82.5 Å². The molecule has 0 heterocycles. The summed E-state index contributed by atoms with van der Waals surface area (Å²) in [5.41, 5.74) is 1.24. The van der Waals surface area contributed by atoms with Crippen LogP contribution >= 0.6 is 23.2 Å². The first kappa shape index (κ1) is 8.40. The van der Waals surface area contributed by atoms with E-state index in [1.165, 1.54) is 18.4 Å². The molecule has 1 aromatic rings. The highest BCUT2D eigenvalue weighted by atomic mass is 35.5. The lowest BCUT2D eigenvalue weighted by atomic mass is 10.1. The molecule has 0 unspecified atom stereocenters. The Kier molecular flexibility index (Phi) is 2.29. The SMILES string of the molecule is Clc1ccc(CC2CC2)c(Cl)c1. The van der Waals surface area contributed by atoms with Crippen molar-refractivity contribution in [2.75, 3.05) is 0 Å². The molecule has 0 radical (unpaired) electrons. The summed E-state index contributed by atoms with van der Waals surface area (Å²) in [7, 11) is 0. The zero-order chi connectivity index (χ0) is 8.55. The Morgan fingerprint density at radius 2 is 2.00 bits per heavy atom. The third-order valence-electron chi connectivity index (χ3n) is 2.22. The van der Waals surface area contributed by atoms with Crippen LogP contribution in [0.5, 0.6) is 0 Å². The third kappa shape index (κ3) is 1.94. The Bertz CT molecular complexity index is 290. The van der Waals surface area contributed by atoms with Gasteiger partial charge in [-0.1, -0.05) is 29.3 Å². The summed E-state index contributed by atoms with van der Waals surface area (Å²) in [5.74, 6) is 0.878. The standard InChI is InChI=1S/C10H10Cl2/c11-9-4-3-8(10(12)6-9)5-7-1-2-7/h3-4,6-7H,1-2,5H2. The lowest BCUT2D eigenvalue weighted by Gasteiger charge is -2.02. The number of rotatable bonds is 2. The Morgan fingerprint density at radius 3 is 2.58 bits per heavy atom. The van der Waals surface area contributed by atoms with E-state index in [0.717, 1.165) is 22.4 Å². The van der Waals surface area contributed by atoms with Gasteiger partial charge in [0.1, 0.15) is 0 Å². The van der Waals surface area contributed by atoms with Gasteiger partial charge >= 0.3 is 0 Å². The van der Waals surface area contributed by atoms with Crippen molar-refractivity contribution in [2.45, 2.75) is 19.3 Å². The van der Waals surface area contributed by atoms with E-state index >= 15 is 0 Å². The second-order valence-corrected chi connectivity index (χ2v) is 4.23. The predicted molar refractivity (Wildman–Crippen MR) is 52.9 cm³/mol. The molecule has 1 aliphatic rings. The van der Waals surface area contributed by atoms with Crippen molar-refractivity contribution in [3.63, 3.8) is 0 Å².